The molecule has 0 radical (unpaired) electrons. The van der Waals surface area contributed by atoms with Gasteiger partial charge in [0, 0.05) is 18.7 Å². The van der Waals surface area contributed by atoms with E-state index in [0.717, 1.165) is 16.9 Å². The number of hydrogen-bond donors (Lipinski definition) is 1. The van der Waals surface area contributed by atoms with Crippen LogP contribution in [0.5, 0.6) is 5.75 Å². The van der Waals surface area contributed by atoms with Crippen molar-refractivity contribution < 1.29 is 9.13 Å². The van der Waals surface area contributed by atoms with Crippen molar-refractivity contribution in [3.05, 3.63) is 77.6 Å². The molecule has 2 aromatic rings. The summed E-state index contributed by atoms with van der Waals surface area (Å²) in [5.74, 6) is 0.696. The molecule has 0 atom stereocenters. The molecule has 2 aromatic carbocycles. The molecule has 0 aliphatic rings. The first-order chi connectivity index (χ1) is 10.2. The van der Waals surface area contributed by atoms with E-state index in [1.54, 1.807) is 19.1 Å². The second-order valence-corrected chi connectivity index (χ2v) is 4.89. The standard InChI is InChI=1S/C18H20FNO/c1-3-10-21-18-7-5-4-6-16(18)13-20-12-15-8-9-17(19)14(2)11-15/h3-9,11,20H,1,10,12-13H2,2H3. The number of hydrogen-bond acceptors (Lipinski definition) is 2. The first-order valence-electron chi connectivity index (χ1n) is 6.98. The summed E-state index contributed by atoms with van der Waals surface area (Å²) in [6, 6.07) is 13.1. The fourth-order valence-electron chi connectivity index (χ4n) is 2.10. The lowest BCUT2D eigenvalue weighted by atomic mass is 10.1. The van der Waals surface area contributed by atoms with Crippen LogP contribution in [0.25, 0.3) is 0 Å². The molecule has 3 heteroatoms. The highest BCUT2D eigenvalue weighted by Gasteiger charge is 2.03. The molecule has 2 rings (SSSR count). The van der Waals surface area contributed by atoms with E-state index in [4.69, 9.17) is 4.74 Å². The third kappa shape index (κ3) is 4.43. The van der Waals surface area contributed by atoms with Crippen molar-refractivity contribution in [1.29, 1.82) is 0 Å². The van der Waals surface area contributed by atoms with E-state index in [1.165, 1.54) is 6.07 Å². The molecule has 0 heterocycles. The lowest BCUT2D eigenvalue weighted by molar-refractivity contribution is 0.358. The van der Waals surface area contributed by atoms with Gasteiger partial charge < -0.3 is 10.1 Å². The van der Waals surface area contributed by atoms with Crippen LogP contribution in [0.15, 0.2) is 55.1 Å². The number of halogens is 1. The van der Waals surface area contributed by atoms with E-state index >= 15 is 0 Å². The van der Waals surface area contributed by atoms with Crippen molar-refractivity contribution in [3.8, 4) is 5.75 Å². The van der Waals surface area contributed by atoms with Crippen LogP contribution >= 0.6 is 0 Å². The maximum Gasteiger partial charge on any atom is 0.126 e. The summed E-state index contributed by atoms with van der Waals surface area (Å²) < 4.78 is 18.8. The van der Waals surface area contributed by atoms with Crippen LogP contribution < -0.4 is 10.1 Å². The largest absolute Gasteiger partial charge is 0.489 e. The highest BCUT2D eigenvalue weighted by atomic mass is 19.1. The van der Waals surface area contributed by atoms with E-state index in [1.807, 2.05) is 30.3 Å². The van der Waals surface area contributed by atoms with Crippen LogP contribution in [0, 0.1) is 12.7 Å². The van der Waals surface area contributed by atoms with Crippen molar-refractivity contribution in [2.45, 2.75) is 20.0 Å². The molecule has 1 N–H and O–H groups in total. The molecule has 0 fully saturated rings. The van der Waals surface area contributed by atoms with Crippen molar-refractivity contribution in [3.63, 3.8) is 0 Å². The van der Waals surface area contributed by atoms with Crippen molar-refractivity contribution in [1.82, 2.24) is 5.32 Å². The van der Waals surface area contributed by atoms with Gasteiger partial charge in [-0.25, -0.2) is 4.39 Å². The minimum atomic E-state index is -0.165. The fourth-order valence-corrected chi connectivity index (χ4v) is 2.10. The van der Waals surface area contributed by atoms with E-state index in [0.29, 0.717) is 25.3 Å². The van der Waals surface area contributed by atoms with Crippen molar-refractivity contribution in [2.75, 3.05) is 6.61 Å². The molecule has 0 amide bonds. The molecular weight excluding hydrogens is 265 g/mol. The lowest BCUT2D eigenvalue weighted by Crippen LogP contribution is -2.14. The zero-order valence-corrected chi connectivity index (χ0v) is 12.2. The third-order valence-corrected chi connectivity index (χ3v) is 3.20. The summed E-state index contributed by atoms with van der Waals surface area (Å²) in [6.45, 7) is 7.31. The Hall–Kier alpha value is -2.13. The van der Waals surface area contributed by atoms with E-state index < -0.39 is 0 Å². The lowest BCUT2D eigenvalue weighted by Gasteiger charge is -2.11. The zero-order valence-electron chi connectivity index (χ0n) is 12.2. The summed E-state index contributed by atoms with van der Waals surface area (Å²) in [7, 11) is 0. The maximum absolute atomic E-state index is 13.2. The molecule has 2 nitrogen and oxygen atoms in total. The molecule has 0 unspecified atom stereocenters. The predicted molar refractivity (Wildman–Crippen MR) is 83.8 cm³/mol. The molecule has 110 valence electrons. The summed E-state index contributed by atoms with van der Waals surface area (Å²) in [4.78, 5) is 0. The van der Waals surface area contributed by atoms with Crippen LogP contribution in [-0.4, -0.2) is 6.61 Å². The highest BCUT2D eigenvalue weighted by Crippen LogP contribution is 2.18. The summed E-state index contributed by atoms with van der Waals surface area (Å²) >= 11 is 0. The van der Waals surface area contributed by atoms with Gasteiger partial charge in [-0.05, 0) is 30.2 Å². The molecule has 0 aliphatic carbocycles. The third-order valence-electron chi connectivity index (χ3n) is 3.20. The SMILES string of the molecule is C=CCOc1ccccc1CNCc1ccc(F)c(C)c1. The van der Waals surface area contributed by atoms with Gasteiger partial charge in [-0.1, -0.05) is 43.0 Å². The second kappa shape index (κ2) is 7.60. The Morgan fingerprint density at radius 1 is 1.19 bits per heavy atom. The van der Waals surface area contributed by atoms with Crippen LogP contribution in [0.4, 0.5) is 4.39 Å². The Kier molecular flexibility index (Phi) is 5.52. The minimum absolute atomic E-state index is 0.165. The Labute approximate surface area is 125 Å². The Morgan fingerprint density at radius 2 is 2.00 bits per heavy atom. The van der Waals surface area contributed by atoms with Crippen LogP contribution in [-0.2, 0) is 13.1 Å². The molecular formula is C18H20FNO. The number of benzene rings is 2. The Bertz CT molecular complexity index is 610. The number of para-hydroxylation sites is 1. The topological polar surface area (TPSA) is 21.3 Å². The Morgan fingerprint density at radius 3 is 2.76 bits per heavy atom. The monoisotopic (exact) mass is 285 g/mol. The molecule has 0 aliphatic heterocycles. The smallest absolute Gasteiger partial charge is 0.126 e. The van der Waals surface area contributed by atoms with Gasteiger partial charge >= 0.3 is 0 Å². The molecule has 21 heavy (non-hydrogen) atoms. The molecule has 0 saturated carbocycles. The maximum atomic E-state index is 13.2. The number of nitrogens with one attached hydrogen (secondary N) is 1. The van der Waals surface area contributed by atoms with Gasteiger partial charge in [-0.3, -0.25) is 0 Å². The van der Waals surface area contributed by atoms with Crippen molar-refractivity contribution >= 4 is 0 Å². The van der Waals surface area contributed by atoms with Gasteiger partial charge in [0.05, 0.1) is 0 Å². The van der Waals surface area contributed by atoms with E-state index in [2.05, 4.69) is 11.9 Å². The van der Waals surface area contributed by atoms with Crippen molar-refractivity contribution in [2.24, 2.45) is 0 Å². The first kappa shape index (κ1) is 15.3. The Balaban J connectivity index is 1.93. The first-order valence-corrected chi connectivity index (χ1v) is 6.98. The zero-order chi connectivity index (χ0) is 15.1. The summed E-state index contributed by atoms with van der Waals surface area (Å²) in [5.41, 5.74) is 2.83. The van der Waals surface area contributed by atoms with Gasteiger partial charge in [0.1, 0.15) is 18.2 Å². The number of ether oxygens (including phenoxy) is 1. The van der Waals surface area contributed by atoms with Gasteiger partial charge in [0.2, 0.25) is 0 Å². The summed E-state index contributed by atoms with van der Waals surface area (Å²) in [5, 5.41) is 3.35. The predicted octanol–water partition coefficient (Wildman–Crippen LogP) is 3.99. The summed E-state index contributed by atoms with van der Waals surface area (Å²) in [6.07, 6.45) is 1.73. The van der Waals surface area contributed by atoms with Gasteiger partial charge in [-0.2, -0.15) is 0 Å². The van der Waals surface area contributed by atoms with E-state index in [9.17, 15) is 4.39 Å². The van der Waals surface area contributed by atoms with Gasteiger partial charge in [0.15, 0.2) is 0 Å². The van der Waals surface area contributed by atoms with Gasteiger partial charge in [-0.15, -0.1) is 0 Å². The average molecular weight is 285 g/mol. The molecule has 0 aromatic heterocycles. The molecule has 0 bridgehead atoms. The van der Waals surface area contributed by atoms with Crippen LogP contribution in [0.3, 0.4) is 0 Å². The average Bonchev–Trinajstić information content (AvgIpc) is 2.50. The normalized spacial score (nSPS) is 10.4. The van der Waals surface area contributed by atoms with Crippen LogP contribution in [0.1, 0.15) is 16.7 Å². The second-order valence-electron chi connectivity index (χ2n) is 4.89. The number of aryl methyl sites for hydroxylation is 1. The molecule has 0 spiro atoms. The number of rotatable bonds is 7. The van der Waals surface area contributed by atoms with Gasteiger partial charge in [0.25, 0.3) is 0 Å². The quantitative estimate of drug-likeness (QED) is 0.777. The fraction of sp³-hybridized carbons (Fsp3) is 0.222. The molecule has 0 saturated heterocycles. The minimum Gasteiger partial charge on any atom is -0.489 e. The van der Waals surface area contributed by atoms with Crippen LogP contribution in [0.2, 0.25) is 0 Å². The highest BCUT2D eigenvalue weighted by molar-refractivity contribution is 5.33. The van der Waals surface area contributed by atoms with E-state index in [-0.39, 0.29) is 5.82 Å².